The average molecular weight is 270 g/mol. The second kappa shape index (κ2) is 5.93. The zero-order valence-electron chi connectivity index (χ0n) is 11.2. The predicted octanol–water partition coefficient (Wildman–Crippen LogP) is 1.44. The molecule has 0 saturated heterocycles. The normalized spacial score (nSPS) is 9.70. The lowest BCUT2D eigenvalue weighted by Crippen LogP contribution is -2.19. The maximum absolute atomic E-state index is 11.4. The van der Waals surface area contributed by atoms with Gasteiger partial charge in [-0.2, -0.15) is 0 Å². The summed E-state index contributed by atoms with van der Waals surface area (Å²) in [5, 5.41) is 3.51. The molecule has 0 bridgehead atoms. The van der Waals surface area contributed by atoms with Crippen molar-refractivity contribution >= 4 is 22.8 Å². The van der Waals surface area contributed by atoms with Gasteiger partial charge in [0.15, 0.2) is 0 Å². The Morgan fingerprint density at radius 3 is 2.85 bits per heavy atom. The number of amides is 1. The molecule has 0 aliphatic carbocycles. The van der Waals surface area contributed by atoms with Crippen molar-refractivity contribution in [3.05, 3.63) is 35.5 Å². The Balaban J connectivity index is 2.20. The van der Waals surface area contributed by atoms with E-state index in [1.165, 1.54) is 14.0 Å². The highest BCUT2D eigenvalue weighted by Gasteiger charge is 2.08. The summed E-state index contributed by atoms with van der Waals surface area (Å²) in [6.45, 7) is 1.76. The number of esters is 1. The number of hydrogen-bond donors (Lipinski definition) is 2. The van der Waals surface area contributed by atoms with Gasteiger partial charge in [0.25, 0.3) is 0 Å². The van der Waals surface area contributed by atoms with Gasteiger partial charge < -0.3 is 15.0 Å². The summed E-state index contributed by atoms with van der Waals surface area (Å²) in [7, 11) is 1.34. The van der Waals surface area contributed by atoms with Crippen molar-refractivity contribution in [2.75, 3.05) is 13.7 Å². The standard InChI is InChI=1S/C15H14N2O3/c1-10(18)16-7-3-4-11-5-6-12-9-14(15(19)20-2)17-13(12)8-11/h5-6,8-9,17H,7H2,1-2H3,(H,16,18). The molecule has 5 nitrogen and oxygen atoms in total. The molecule has 0 aliphatic rings. The lowest BCUT2D eigenvalue weighted by molar-refractivity contribution is -0.118. The van der Waals surface area contributed by atoms with Gasteiger partial charge in [0.1, 0.15) is 5.69 Å². The fourth-order valence-corrected chi connectivity index (χ4v) is 1.74. The van der Waals surface area contributed by atoms with E-state index in [4.69, 9.17) is 0 Å². The third kappa shape index (κ3) is 3.18. The summed E-state index contributed by atoms with van der Waals surface area (Å²) >= 11 is 0. The first-order valence-corrected chi connectivity index (χ1v) is 6.04. The van der Waals surface area contributed by atoms with Crippen LogP contribution in [0.25, 0.3) is 10.9 Å². The Morgan fingerprint density at radius 1 is 1.35 bits per heavy atom. The van der Waals surface area contributed by atoms with Gasteiger partial charge in [0.05, 0.1) is 13.7 Å². The first-order chi connectivity index (χ1) is 9.60. The molecule has 2 N–H and O–H groups in total. The molecule has 0 unspecified atom stereocenters. The van der Waals surface area contributed by atoms with E-state index in [0.717, 1.165) is 16.5 Å². The summed E-state index contributed by atoms with van der Waals surface area (Å²) in [4.78, 5) is 25.1. The minimum absolute atomic E-state index is 0.109. The number of nitrogens with one attached hydrogen (secondary N) is 2. The number of carbonyl (C=O) groups excluding carboxylic acids is 2. The largest absolute Gasteiger partial charge is 0.464 e. The van der Waals surface area contributed by atoms with E-state index in [9.17, 15) is 9.59 Å². The van der Waals surface area contributed by atoms with E-state index in [-0.39, 0.29) is 5.91 Å². The molecule has 0 atom stereocenters. The lowest BCUT2D eigenvalue weighted by atomic mass is 10.1. The first kappa shape index (κ1) is 13.7. The van der Waals surface area contributed by atoms with Crippen LogP contribution in [0.3, 0.4) is 0 Å². The van der Waals surface area contributed by atoms with Gasteiger partial charge in [-0.15, -0.1) is 0 Å². The van der Waals surface area contributed by atoms with Gasteiger partial charge >= 0.3 is 5.97 Å². The second-order valence-electron chi connectivity index (χ2n) is 4.19. The average Bonchev–Trinajstić information content (AvgIpc) is 2.85. The van der Waals surface area contributed by atoms with Crippen molar-refractivity contribution in [1.29, 1.82) is 0 Å². The Hall–Kier alpha value is -2.74. The van der Waals surface area contributed by atoms with Crippen LogP contribution in [-0.4, -0.2) is 30.5 Å². The highest BCUT2D eigenvalue weighted by molar-refractivity contribution is 5.95. The lowest BCUT2D eigenvalue weighted by Gasteiger charge is -1.93. The van der Waals surface area contributed by atoms with Crippen LogP contribution in [0.5, 0.6) is 0 Å². The molecule has 0 radical (unpaired) electrons. The van der Waals surface area contributed by atoms with Gasteiger partial charge in [0.2, 0.25) is 5.91 Å². The van der Waals surface area contributed by atoms with E-state index in [2.05, 4.69) is 26.9 Å². The number of hydrogen-bond acceptors (Lipinski definition) is 3. The van der Waals surface area contributed by atoms with Crippen molar-refractivity contribution in [1.82, 2.24) is 10.3 Å². The number of methoxy groups -OCH3 is 1. The van der Waals surface area contributed by atoms with E-state index in [1.807, 2.05) is 18.2 Å². The third-order valence-corrected chi connectivity index (χ3v) is 2.69. The van der Waals surface area contributed by atoms with Crippen LogP contribution in [0.2, 0.25) is 0 Å². The molecule has 1 aromatic heterocycles. The molecular weight excluding hydrogens is 256 g/mol. The monoisotopic (exact) mass is 270 g/mol. The summed E-state index contributed by atoms with van der Waals surface area (Å²) < 4.78 is 4.66. The van der Waals surface area contributed by atoms with Crippen molar-refractivity contribution in [2.45, 2.75) is 6.92 Å². The molecule has 0 aliphatic heterocycles. The number of rotatable bonds is 2. The third-order valence-electron chi connectivity index (χ3n) is 2.69. The second-order valence-corrected chi connectivity index (χ2v) is 4.19. The Kier molecular flexibility index (Phi) is 4.06. The van der Waals surface area contributed by atoms with Gasteiger partial charge in [-0.3, -0.25) is 4.79 Å². The minimum Gasteiger partial charge on any atom is -0.464 e. The first-order valence-electron chi connectivity index (χ1n) is 6.04. The number of aromatic nitrogens is 1. The highest BCUT2D eigenvalue weighted by atomic mass is 16.5. The van der Waals surface area contributed by atoms with Crippen molar-refractivity contribution in [3.8, 4) is 11.8 Å². The van der Waals surface area contributed by atoms with Crippen LogP contribution < -0.4 is 5.32 Å². The molecule has 20 heavy (non-hydrogen) atoms. The van der Waals surface area contributed by atoms with Crippen LogP contribution >= 0.6 is 0 Å². The van der Waals surface area contributed by atoms with Gasteiger partial charge in [-0.25, -0.2) is 4.79 Å². The molecule has 0 saturated carbocycles. The molecule has 0 spiro atoms. The zero-order chi connectivity index (χ0) is 14.5. The van der Waals surface area contributed by atoms with Crippen LogP contribution in [0, 0.1) is 11.8 Å². The summed E-state index contributed by atoms with van der Waals surface area (Å²) in [6, 6.07) is 7.32. The van der Waals surface area contributed by atoms with Crippen LogP contribution in [0.15, 0.2) is 24.3 Å². The molecule has 2 aromatic rings. The highest BCUT2D eigenvalue weighted by Crippen LogP contribution is 2.17. The van der Waals surface area contributed by atoms with Crippen LogP contribution in [0.1, 0.15) is 23.0 Å². The van der Waals surface area contributed by atoms with E-state index >= 15 is 0 Å². The SMILES string of the molecule is COC(=O)c1cc2ccc(C#CCNC(C)=O)cc2[nH]1. The Morgan fingerprint density at radius 2 is 2.15 bits per heavy atom. The fraction of sp³-hybridized carbons (Fsp3) is 0.200. The summed E-state index contributed by atoms with van der Waals surface area (Å²) in [5.41, 5.74) is 2.03. The molecule has 1 aromatic carbocycles. The molecule has 1 heterocycles. The maximum Gasteiger partial charge on any atom is 0.354 e. The van der Waals surface area contributed by atoms with Crippen molar-refractivity contribution < 1.29 is 14.3 Å². The molecule has 102 valence electrons. The summed E-state index contributed by atoms with van der Waals surface area (Å²) in [6.07, 6.45) is 0. The molecule has 5 heteroatoms. The number of ether oxygens (including phenoxy) is 1. The minimum atomic E-state index is -0.403. The predicted molar refractivity (Wildman–Crippen MR) is 75.2 cm³/mol. The Bertz CT molecular complexity index is 720. The number of H-pyrrole nitrogens is 1. The fourth-order valence-electron chi connectivity index (χ4n) is 1.74. The quantitative estimate of drug-likeness (QED) is 0.641. The zero-order valence-corrected chi connectivity index (χ0v) is 11.2. The molecule has 2 rings (SSSR count). The molecule has 0 fully saturated rings. The van der Waals surface area contributed by atoms with Crippen molar-refractivity contribution in [3.63, 3.8) is 0 Å². The number of carbonyl (C=O) groups is 2. The topological polar surface area (TPSA) is 71.2 Å². The maximum atomic E-state index is 11.4. The van der Waals surface area contributed by atoms with Gasteiger partial charge in [-0.05, 0) is 18.2 Å². The Labute approximate surface area is 116 Å². The van der Waals surface area contributed by atoms with Crippen LogP contribution in [0.4, 0.5) is 0 Å². The van der Waals surface area contributed by atoms with E-state index in [0.29, 0.717) is 12.2 Å². The summed E-state index contributed by atoms with van der Waals surface area (Å²) in [5.74, 6) is 5.28. The number of benzene rings is 1. The van der Waals surface area contributed by atoms with E-state index < -0.39 is 5.97 Å². The van der Waals surface area contributed by atoms with Gasteiger partial charge in [-0.1, -0.05) is 17.9 Å². The number of fused-ring (bicyclic) bond motifs is 1. The van der Waals surface area contributed by atoms with Crippen molar-refractivity contribution in [2.24, 2.45) is 0 Å². The number of aromatic amines is 1. The van der Waals surface area contributed by atoms with E-state index in [1.54, 1.807) is 6.07 Å². The smallest absolute Gasteiger partial charge is 0.354 e. The van der Waals surface area contributed by atoms with Crippen LogP contribution in [-0.2, 0) is 9.53 Å². The molecular formula is C15H14N2O3. The van der Waals surface area contributed by atoms with Gasteiger partial charge in [0, 0.05) is 23.4 Å². The molecule has 1 amide bonds.